The molecule has 2 aromatic heterocycles. The average Bonchev–Trinajstić information content (AvgIpc) is 3.81. The first-order valence-corrected chi connectivity index (χ1v) is 24.3. The van der Waals surface area contributed by atoms with E-state index in [1.807, 2.05) is 70.2 Å². The minimum absolute atomic E-state index is 0.0328. The number of likely N-dealkylation sites (tertiary alicyclic amines) is 2. The maximum atomic E-state index is 14.0. The molecule has 362 valence electrons. The summed E-state index contributed by atoms with van der Waals surface area (Å²) in [7, 11) is 2.56. The summed E-state index contributed by atoms with van der Waals surface area (Å²) in [4.78, 5) is 85.8. The van der Waals surface area contributed by atoms with Gasteiger partial charge in [-0.05, 0) is 97.2 Å². The lowest BCUT2D eigenvalue weighted by atomic mass is 9.94. The van der Waals surface area contributed by atoms with Crippen LogP contribution in [-0.4, -0.2) is 98.4 Å². The van der Waals surface area contributed by atoms with Crippen molar-refractivity contribution in [2.24, 2.45) is 17.8 Å². The number of hydrogen-bond donors (Lipinski definition) is 4. The number of imidazole rings is 1. The van der Waals surface area contributed by atoms with Crippen molar-refractivity contribution in [2.45, 2.75) is 121 Å². The summed E-state index contributed by atoms with van der Waals surface area (Å²) in [5.74, 6) is 1.26. The van der Waals surface area contributed by atoms with Crippen LogP contribution < -0.4 is 25.7 Å². The lowest BCUT2D eigenvalue weighted by Crippen LogP contribution is -2.52. The largest absolute Gasteiger partial charge is 0.453 e. The van der Waals surface area contributed by atoms with Crippen LogP contribution in [0.4, 0.5) is 9.59 Å². The number of nitrogens with zero attached hydrogens (tertiary/aromatic N) is 4. The number of piperidine rings is 1. The van der Waals surface area contributed by atoms with Gasteiger partial charge in [0, 0.05) is 36.6 Å². The van der Waals surface area contributed by atoms with E-state index in [2.05, 4.69) is 32.7 Å². The number of nitrogens with one attached hydrogen (secondary N) is 4. The van der Waals surface area contributed by atoms with Gasteiger partial charge >= 0.3 is 12.2 Å². The van der Waals surface area contributed by atoms with Crippen molar-refractivity contribution < 1.29 is 38.1 Å². The van der Waals surface area contributed by atoms with Gasteiger partial charge in [-0.1, -0.05) is 64.4 Å². The van der Waals surface area contributed by atoms with Crippen molar-refractivity contribution in [1.29, 1.82) is 0 Å². The van der Waals surface area contributed by atoms with E-state index in [4.69, 9.17) is 28.9 Å². The van der Waals surface area contributed by atoms with Crippen molar-refractivity contribution in [3.8, 4) is 45.0 Å². The highest BCUT2D eigenvalue weighted by Gasteiger charge is 2.56. The molecule has 3 aliphatic heterocycles. The Labute approximate surface area is 400 Å². The third-order valence-electron chi connectivity index (χ3n) is 14.7. The number of carbonyl (C=O) groups is 4. The van der Waals surface area contributed by atoms with E-state index in [-0.39, 0.29) is 41.3 Å². The zero-order chi connectivity index (χ0) is 48.3. The van der Waals surface area contributed by atoms with E-state index >= 15 is 0 Å². The van der Waals surface area contributed by atoms with Crippen molar-refractivity contribution in [2.75, 3.05) is 20.8 Å². The van der Waals surface area contributed by atoms with E-state index < -0.39 is 36.1 Å². The number of carbonyl (C=O) groups excluding carboxylic acids is 4. The van der Waals surface area contributed by atoms with E-state index in [0.29, 0.717) is 52.9 Å². The zero-order valence-electron chi connectivity index (χ0n) is 39.9. The highest BCUT2D eigenvalue weighted by Crippen LogP contribution is 2.55. The SMILES string of the molecule is COC(=O)N[C@H](C(=O)N1CCC[C@H]1c1ncc(-c2ccc(-c3ccc(-c4ccc5nc([C@@H]6CC7CC7N6C(=O)[C@@H](NC(=O)OC)C(C)C)[nH]c(=O)c5c4)c4c3OC3(CCCCC3)O4)cc2)[nH]1)C(C)C. The number of alkyl carbamates (subject to hydrolysis) is 2. The van der Waals surface area contributed by atoms with Crippen LogP contribution in [0.25, 0.3) is 44.4 Å². The molecule has 5 aliphatic rings. The highest BCUT2D eigenvalue weighted by atomic mass is 16.7. The van der Waals surface area contributed by atoms with Crippen LogP contribution in [0.1, 0.15) is 109 Å². The minimum Gasteiger partial charge on any atom is -0.453 e. The van der Waals surface area contributed by atoms with Crippen LogP contribution in [0.15, 0.2) is 65.6 Å². The van der Waals surface area contributed by atoms with Crippen molar-refractivity contribution >= 4 is 34.9 Å². The number of amides is 4. The number of ether oxygens (including phenoxy) is 4. The van der Waals surface area contributed by atoms with Gasteiger partial charge < -0.3 is 49.3 Å². The molecule has 1 spiro atoms. The van der Waals surface area contributed by atoms with Crippen LogP contribution >= 0.6 is 0 Å². The van der Waals surface area contributed by atoms with E-state index in [1.165, 1.54) is 14.2 Å². The molecule has 3 aromatic carbocycles. The molecule has 5 aromatic rings. The smallest absolute Gasteiger partial charge is 0.407 e. The van der Waals surface area contributed by atoms with Crippen molar-refractivity contribution in [3.63, 3.8) is 0 Å². The lowest BCUT2D eigenvalue weighted by molar-refractivity contribution is -0.137. The number of H-pyrrole nitrogens is 2. The summed E-state index contributed by atoms with van der Waals surface area (Å²) >= 11 is 0. The number of aromatic amines is 2. The Balaban J connectivity index is 0.917. The molecular weight excluding hydrogens is 881 g/mol. The molecule has 17 heteroatoms. The molecule has 4 N–H and O–H groups in total. The van der Waals surface area contributed by atoms with Crippen molar-refractivity contribution in [3.05, 3.63) is 82.8 Å². The summed E-state index contributed by atoms with van der Waals surface area (Å²) in [6, 6.07) is 15.7. The molecule has 2 aliphatic carbocycles. The molecule has 17 nitrogen and oxygen atoms in total. The fraction of sp³-hybridized carbons (Fsp3) is 0.481. The van der Waals surface area contributed by atoms with Gasteiger partial charge in [0.05, 0.1) is 49.1 Å². The molecule has 4 fully saturated rings. The van der Waals surface area contributed by atoms with Crippen LogP contribution in [0.5, 0.6) is 11.5 Å². The summed E-state index contributed by atoms with van der Waals surface area (Å²) in [6.07, 6.45) is 8.22. The van der Waals surface area contributed by atoms with Crippen LogP contribution in [-0.2, 0) is 19.1 Å². The van der Waals surface area contributed by atoms with Gasteiger partial charge in [-0.3, -0.25) is 14.4 Å². The molecule has 10 rings (SSSR count). The summed E-state index contributed by atoms with van der Waals surface area (Å²) in [5, 5.41) is 5.83. The Bertz CT molecular complexity index is 2870. The summed E-state index contributed by atoms with van der Waals surface area (Å²) in [5.41, 5.74) is 5.35. The van der Waals surface area contributed by atoms with E-state index in [0.717, 1.165) is 84.9 Å². The van der Waals surface area contributed by atoms with Crippen molar-refractivity contribution in [1.82, 2.24) is 40.4 Å². The molecule has 69 heavy (non-hydrogen) atoms. The molecule has 2 unspecified atom stereocenters. The van der Waals surface area contributed by atoms with Gasteiger partial charge in [0.2, 0.25) is 11.8 Å². The Kier molecular flexibility index (Phi) is 12.1. The first kappa shape index (κ1) is 45.9. The zero-order valence-corrected chi connectivity index (χ0v) is 39.9. The fourth-order valence-electron chi connectivity index (χ4n) is 10.9. The summed E-state index contributed by atoms with van der Waals surface area (Å²) < 4.78 is 23.4. The quantitative estimate of drug-likeness (QED) is 0.0993. The third kappa shape index (κ3) is 8.53. The molecule has 0 bridgehead atoms. The maximum absolute atomic E-state index is 14.0. The molecule has 2 saturated carbocycles. The Hall–Kier alpha value is -6.91. The van der Waals surface area contributed by atoms with Crippen LogP contribution in [0.3, 0.4) is 0 Å². The summed E-state index contributed by atoms with van der Waals surface area (Å²) in [6.45, 7) is 8.12. The molecule has 6 atom stereocenters. The lowest BCUT2D eigenvalue weighted by Gasteiger charge is -2.32. The topological polar surface area (TPSA) is 210 Å². The molecule has 2 saturated heterocycles. The predicted octanol–water partition coefficient (Wildman–Crippen LogP) is 8.17. The number of methoxy groups -OCH3 is 2. The second-order valence-corrected chi connectivity index (χ2v) is 19.9. The number of benzene rings is 3. The Morgan fingerprint density at radius 2 is 1.36 bits per heavy atom. The van der Waals surface area contributed by atoms with E-state index in [1.54, 1.807) is 16.0 Å². The Morgan fingerprint density at radius 3 is 2.01 bits per heavy atom. The molecular formula is C52H60N8O9. The number of rotatable bonds is 11. The third-order valence-corrected chi connectivity index (χ3v) is 14.7. The second-order valence-electron chi connectivity index (χ2n) is 19.9. The standard InChI is InChI=1S/C52H60N8O9/c1-27(2)41(56-50(64)66-5)48(62)59-22-10-11-38(59)45-53-26-37(55-45)30-14-12-29(13-15-30)33-17-18-34(44-43(33)68-52(69-44)20-8-7-9-21-52)31-16-19-36-35(23-31)47(61)58-46(54-36)40-25-32-24-39(32)60(40)49(63)42(28(3)4)57-51(65)67-6/h12-19,23,26-28,32,38-42H,7-11,20-22,24-25H2,1-6H3,(H,53,55)(H,56,64)(H,57,65)(H,54,58,61)/t32?,38-,39?,40-,41-,42-/m0/s1. The monoisotopic (exact) mass is 940 g/mol. The van der Waals surface area contributed by atoms with Gasteiger partial charge in [-0.25, -0.2) is 19.6 Å². The second kappa shape index (κ2) is 18.2. The van der Waals surface area contributed by atoms with Gasteiger partial charge in [0.1, 0.15) is 23.7 Å². The number of hydrogen-bond acceptors (Lipinski definition) is 11. The predicted molar refractivity (Wildman–Crippen MR) is 256 cm³/mol. The highest BCUT2D eigenvalue weighted by molar-refractivity contribution is 5.90. The molecule has 4 amide bonds. The van der Waals surface area contributed by atoms with Gasteiger partial charge in [-0.15, -0.1) is 0 Å². The van der Waals surface area contributed by atoms with Gasteiger partial charge in [0.25, 0.3) is 11.3 Å². The van der Waals surface area contributed by atoms with E-state index in [9.17, 15) is 24.0 Å². The van der Waals surface area contributed by atoms with Gasteiger partial charge in [-0.2, -0.15) is 0 Å². The fourth-order valence-corrected chi connectivity index (χ4v) is 10.9. The molecule has 0 radical (unpaired) electrons. The van der Waals surface area contributed by atoms with Crippen LogP contribution in [0.2, 0.25) is 0 Å². The van der Waals surface area contributed by atoms with Crippen LogP contribution in [0, 0.1) is 17.8 Å². The van der Waals surface area contributed by atoms with Gasteiger partial charge in [0.15, 0.2) is 11.5 Å². The first-order chi connectivity index (χ1) is 33.3. The molecule has 5 heterocycles. The maximum Gasteiger partial charge on any atom is 0.407 e. The number of aromatic nitrogens is 4. The minimum atomic E-state index is -0.783. The normalized spacial score (nSPS) is 21.9. The number of fused-ring (bicyclic) bond motifs is 3. The first-order valence-electron chi connectivity index (χ1n) is 24.3. The Morgan fingerprint density at radius 1 is 0.739 bits per heavy atom. The average molecular weight is 941 g/mol.